The third-order valence-corrected chi connectivity index (χ3v) is 4.54. The highest BCUT2D eigenvalue weighted by atomic mass is 32.1. The molecule has 1 N–H and O–H groups in total. The fourth-order valence-corrected chi connectivity index (χ4v) is 3.12. The van der Waals surface area contributed by atoms with Crippen LogP contribution in [0.1, 0.15) is 5.56 Å². The monoisotopic (exact) mass is 383 g/mol. The van der Waals surface area contributed by atoms with E-state index in [0.29, 0.717) is 42.7 Å². The van der Waals surface area contributed by atoms with Gasteiger partial charge in [-0.25, -0.2) is 4.39 Å². The van der Waals surface area contributed by atoms with Gasteiger partial charge in [-0.1, -0.05) is 12.1 Å². The van der Waals surface area contributed by atoms with E-state index in [2.05, 4.69) is 5.32 Å². The molecule has 0 aliphatic carbocycles. The molecule has 138 valence electrons. The maximum absolute atomic E-state index is 13.2. The van der Waals surface area contributed by atoms with Crippen molar-refractivity contribution in [3.8, 4) is 0 Å². The van der Waals surface area contributed by atoms with Crippen LogP contribution in [0.3, 0.4) is 0 Å². The molecule has 2 aromatic carbocycles. The molecule has 0 bridgehead atoms. The molecule has 1 aliphatic rings. The molecule has 8 heteroatoms. The molecule has 0 radical (unpaired) electrons. The second kappa shape index (κ2) is 7.49. The number of hydrogen-bond donors (Lipinski definition) is 1. The van der Waals surface area contributed by atoms with Gasteiger partial charge in [0.25, 0.3) is 0 Å². The smallest absolute Gasteiger partial charge is 0.368 e. The van der Waals surface area contributed by atoms with Crippen molar-refractivity contribution in [2.24, 2.45) is 0 Å². The van der Waals surface area contributed by atoms with Crippen LogP contribution in [0, 0.1) is 5.82 Å². The minimum absolute atomic E-state index is 0.354. The van der Waals surface area contributed by atoms with Crippen molar-refractivity contribution in [3.63, 3.8) is 0 Å². The first kappa shape index (κ1) is 18.4. The van der Waals surface area contributed by atoms with Gasteiger partial charge in [0.05, 0.1) is 5.56 Å². The third-order valence-electron chi connectivity index (χ3n) is 4.18. The van der Waals surface area contributed by atoms with Crippen molar-refractivity contribution in [1.29, 1.82) is 0 Å². The molecule has 1 fully saturated rings. The van der Waals surface area contributed by atoms with Gasteiger partial charge in [-0.15, -0.1) is 0 Å². The molecule has 0 saturated carbocycles. The summed E-state index contributed by atoms with van der Waals surface area (Å²) in [5, 5.41) is 3.46. The Hall–Kier alpha value is -2.35. The first-order chi connectivity index (χ1) is 12.3. The molecule has 0 aromatic heterocycles. The van der Waals surface area contributed by atoms with E-state index in [1.54, 1.807) is 18.2 Å². The largest absolute Gasteiger partial charge is 0.416 e. The number of anilines is 2. The molecule has 2 aromatic rings. The fourth-order valence-electron chi connectivity index (χ4n) is 2.82. The van der Waals surface area contributed by atoms with Crippen molar-refractivity contribution in [3.05, 3.63) is 59.9 Å². The Bertz CT molecular complexity index is 786. The highest BCUT2D eigenvalue weighted by Crippen LogP contribution is 2.31. The van der Waals surface area contributed by atoms with Crippen molar-refractivity contribution < 1.29 is 17.6 Å². The summed E-state index contributed by atoms with van der Waals surface area (Å²) in [7, 11) is 0. The highest BCUT2D eigenvalue weighted by molar-refractivity contribution is 7.80. The lowest BCUT2D eigenvalue weighted by atomic mass is 10.1. The van der Waals surface area contributed by atoms with E-state index in [4.69, 9.17) is 12.2 Å². The minimum atomic E-state index is -4.35. The Morgan fingerprint density at radius 2 is 1.65 bits per heavy atom. The topological polar surface area (TPSA) is 18.5 Å². The van der Waals surface area contributed by atoms with Gasteiger partial charge in [0.1, 0.15) is 5.82 Å². The summed E-state index contributed by atoms with van der Waals surface area (Å²) in [6.07, 6.45) is -4.35. The van der Waals surface area contributed by atoms with Crippen LogP contribution < -0.4 is 10.2 Å². The zero-order valence-electron chi connectivity index (χ0n) is 13.8. The van der Waals surface area contributed by atoms with Crippen LogP contribution in [0.5, 0.6) is 0 Å². The minimum Gasteiger partial charge on any atom is -0.368 e. The fraction of sp³-hybridized carbons (Fsp3) is 0.278. The summed E-state index contributed by atoms with van der Waals surface area (Å²) in [6.45, 7) is 2.23. The molecule has 0 unspecified atom stereocenters. The van der Waals surface area contributed by atoms with E-state index in [1.165, 1.54) is 24.3 Å². The first-order valence-electron chi connectivity index (χ1n) is 8.06. The number of alkyl halides is 3. The zero-order chi connectivity index (χ0) is 18.7. The molecule has 1 saturated heterocycles. The van der Waals surface area contributed by atoms with Crippen molar-refractivity contribution in [2.75, 3.05) is 36.4 Å². The van der Waals surface area contributed by atoms with Gasteiger partial charge in [0.2, 0.25) is 0 Å². The molecule has 3 rings (SSSR count). The number of hydrogen-bond acceptors (Lipinski definition) is 2. The predicted octanol–water partition coefficient (Wildman–Crippen LogP) is 4.36. The normalized spacial score (nSPS) is 15.1. The zero-order valence-corrected chi connectivity index (χ0v) is 14.6. The maximum Gasteiger partial charge on any atom is 0.416 e. The van der Waals surface area contributed by atoms with Crippen LogP contribution in [0.4, 0.5) is 28.9 Å². The summed E-state index contributed by atoms with van der Waals surface area (Å²) in [6, 6.07) is 11.3. The molecule has 1 heterocycles. The van der Waals surface area contributed by atoms with E-state index in [0.717, 1.165) is 6.07 Å². The molecular weight excluding hydrogens is 366 g/mol. The lowest BCUT2D eigenvalue weighted by Gasteiger charge is -2.37. The number of rotatable bonds is 2. The van der Waals surface area contributed by atoms with E-state index < -0.39 is 11.7 Å². The quantitative estimate of drug-likeness (QED) is 0.613. The molecular formula is C18H17F4N3S. The Morgan fingerprint density at radius 3 is 2.31 bits per heavy atom. The van der Waals surface area contributed by atoms with E-state index in [9.17, 15) is 17.6 Å². The lowest BCUT2D eigenvalue weighted by molar-refractivity contribution is -0.137. The highest BCUT2D eigenvalue weighted by Gasteiger charge is 2.31. The molecule has 3 nitrogen and oxygen atoms in total. The summed E-state index contributed by atoms with van der Waals surface area (Å²) >= 11 is 5.35. The summed E-state index contributed by atoms with van der Waals surface area (Å²) in [5.74, 6) is -0.354. The van der Waals surface area contributed by atoms with Gasteiger partial charge in [0, 0.05) is 37.6 Å². The number of benzene rings is 2. The number of halogens is 4. The maximum atomic E-state index is 13.2. The number of thiocarbonyl (C=S) groups is 1. The van der Waals surface area contributed by atoms with Gasteiger partial charge in [-0.2, -0.15) is 13.2 Å². The van der Waals surface area contributed by atoms with Crippen molar-refractivity contribution in [1.82, 2.24) is 4.90 Å². The SMILES string of the molecule is Fc1cccc(NC(=S)N2CCN(c3cccc(C(F)(F)F)c3)CC2)c1. The Balaban J connectivity index is 1.60. The molecule has 26 heavy (non-hydrogen) atoms. The number of nitrogens with one attached hydrogen (secondary N) is 1. The summed E-state index contributed by atoms with van der Waals surface area (Å²) in [5.41, 5.74) is 0.458. The van der Waals surface area contributed by atoms with Crippen LogP contribution in [0.2, 0.25) is 0 Å². The Labute approximate surface area is 154 Å². The van der Waals surface area contributed by atoms with Gasteiger partial charge in [-0.3, -0.25) is 0 Å². The first-order valence-corrected chi connectivity index (χ1v) is 8.47. The molecule has 0 spiro atoms. The Morgan fingerprint density at radius 1 is 0.962 bits per heavy atom. The lowest BCUT2D eigenvalue weighted by Crippen LogP contribution is -2.50. The van der Waals surface area contributed by atoms with Crippen LogP contribution in [0.25, 0.3) is 0 Å². The average Bonchev–Trinajstić information content (AvgIpc) is 2.61. The predicted molar refractivity (Wildman–Crippen MR) is 97.9 cm³/mol. The van der Waals surface area contributed by atoms with Crippen molar-refractivity contribution in [2.45, 2.75) is 6.18 Å². The molecule has 1 aliphatic heterocycles. The van der Waals surface area contributed by atoms with Gasteiger partial charge >= 0.3 is 6.18 Å². The van der Waals surface area contributed by atoms with Gasteiger partial charge < -0.3 is 15.1 Å². The van der Waals surface area contributed by atoms with Crippen LogP contribution in [0.15, 0.2) is 48.5 Å². The van der Waals surface area contributed by atoms with E-state index >= 15 is 0 Å². The molecule has 0 atom stereocenters. The Kier molecular flexibility index (Phi) is 5.31. The van der Waals surface area contributed by atoms with Crippen LogP contribution in [-0.2, 0) is 6.18 Å². The number of piperazine rings is 1. The van der Waals surface area contributed by atoms with E-state index in [1.807, 2.05) is 9.80 Å². The second-order valence-electron chi connectivity index (χ2n) is 5.96. The van der Waals surface area contributed by atoms with E-state index in [-0.39, 0.29) is 5.82 Å². The van der Waals surface area contributed by atoms with Crippen LogP contribution in [-0.4, -0.2) is 36.2 Å². The standard InChI is InChI=1S/C18H17F4N3S/c19-14-4-2-5-15(12-14)23-17(26)25-9-7-24(8-10-25)16-6-1-3-13(11-16)18(20,21)22/h1-6,11-12H,7-10H2,(H,23,26). The average molecular weight is 383 g/mol. The van der Waals surface area contributed by atoms with Crippen molar-refractivity contribution >= 4 is 28.7 Å². The third kappa shape index (κ3) is 4.43. The summed E-state index contributed by atoms with van der Waals surface area (Å²) in [4.78, 5) is 3.82. The number of nitrogens with zero attached hydrogens (tertiary/aromatic N) is 2. The van der Waals surface area contributed by atoms with Crippen LogP contribution >= 0.6 is 12.2 Å². The summed E-state index contributed by atoms with van der Waals surface area (Å²) < 4.78 is 51.8. The van der Waals surface area contributed by atoms with Gasteiger partial charge in [0.15, 0.2) is 5.11 Å². The molecule has 0 amide bonds. The van der Waals surface area contributed by atoms with Gasteiger partial charge in [-0.05, 0) is 48.6 Å². The second-order valence-corrected chi connectivity index (χ2v) is 6.35.